The maximum atomic E-state index is 12.7. The number of piperazine rings is 1. The Morgan fingerprint density at radius 1 is 1.27 bits per heavy atom. The third kappa shape index (κ3) is 3.87. The van der Waals surface area contributed by atoms with E-state index in [0.29, 0.717) is 19.6 Å². The Hall–Kier alpha value is -2.02. The summed E-state index contributed by atoms with van der Waals surface area (Å²) in [6.07, 6.45) is 1.89. The standard InChI is InChI=1S/C19H26N2O4S/c1-19(2)14-20(18(22)12-15-8-11-26(23,24)13-15)9-10-21(19)16-6-4-5-7-17(16)25-3/h4-8,11,15H,9-10,12-14H2,1-3H3. The van der Waals surface area contributed by atoms with Crippen LogP contribution in [-0.2, 0) is 14.6 Å². The van der Waals surface area contributed by atoms with Gasteiger partial charge in [0.25, 0.3) is 0 Å². The van der Waals surface area contributed by atoms with Crippen molar-refractivity contribution >= 4 is 21.4 Å². The molecule has 0 spiro atoms. The molecular formula is C19H26N2O4S. The lowest BCUT2D eigenvalue weighted by Crippen LogP contribution is -2.60. The quantitative estimate of drug-likeness (QED) is 0.802. The van der Waals surface area contributed by atoms with Crippen molar-refractivity contribution in [2.45, 2.75) is 25.8 Å². The summed E-state index contributed by atoms with van der Waals surface area (Å²) in [6, 6.07) is 7.90. The summed E-state index contributed by atoms with van der Waals surface area (Å²) in [5.41, 5.74) is 0.775. The number of sulfone groups is 1. The number of carbonyl (C=O) groups is 1. The van der Waals surface area contributed by atoms with E-state index < -0.39 is 9.84 Å². The lowest BCUT2D eigenvalue weighted by Gasteiger charge is -2.48. The van der Waals surface area contributed by atoms with E-state index in [1.165, 1.54) is 5.41 Å². The van der Waals surface area contributed by atoms with Crippen LogP contribution >= 0.6 is 0 Å². The fourth-order valence-corrected chi connectivity index (χ4v) is 5.19. The molecule has 0 bridgehead atoms. The zero-order valence-corrected chi connectivity index (χ0v) is 16.3. The number of para-hydroxylation sites is 2. The van der Waals surface area contributed by atoms with Crippen molar-refractivity contribution < 1.29 is 17.9 Å². The molecule has 1 atom stereocenters. The third-order valence-corrected chi connectivity index (χ3v) is 6.54. The van der Waals surface area contributed by atoms with Crippen LogP contribution in [0.1, 0.15) is 20.3 Å². The SMILES string of the molecule is COc1ccccc1N1CCN(C(=O)CC2C=CS(=O)(=O)C2)CC1(C)C. The van der Waals surface area contributed by atoms with Gasteiger partial charge in [-0.1, -0.05) is 18.2 Å². The molecule has 3 rings (SSSR count). The van der Waals surface area contributed by atoms with Crippen LogP contribution in [0.25, 0.3) is 0 Å². The van der Waals surface area contributed by atoms with Gasteiger partial charge in [0.2, 0.25) is 5.91 Å². The molecule has 1 fully saturated rings. The number of carbonyl (C=O) groups excluding carboxylic acids is 1. The van der Waals surface area contributed by atoms with Crippen LogP contribution in [0.2, 0.25) is 0 Å². The number of rotatable bonds is 4. The van der Waals surface area contributed by atoms with Gasteiger partial charge in [0, 0.05) is 37.4 Å². The van der Waals surface area contributed by atoms with Crippen LogP contribution in [0.3, 0.4) is 0 Å². The molecule has 2 aliphatic heterocycles. The Morgan fingerprint density at radius 2 is 2.00 bits per heavy atom. The van der Waals surface area contributed by atoms with Crippen molar-refractivity contribution in [2.75, 3.05) is 37.4 Å². The van der Waals surface area contributed by atoms with E-state index in [4.69, 9.17) is 4.74 Å². The van der Waals surface area contributed by atoms with Crippen molar-refractivity contribution in [3.63, 3.8) is 0 Å². The molecule has 0 saturated carbocycles. The molecule has 1 unspecified atom stereocenters. The normalized spacial score (nSPS) is 23.9. The summed E-state index contributed by atoms with van der Waals surface area (Å²) in [4.78, 5) is 16.8. The number of methoxy groups -OCH3 is 1. The lowest BCUT2D eigenvalue weighted by molar-refractivity contribution is -0.133. The third-order valence-electron chi connectivity index (χ3n) is 5.07. The summed E-state index contributed by atoms with van der Waals surface area (Å²) in [5, 5.41) is 1.23. The molecule has 1 saturated heterocycles. The summed E-state index contributed by atoms with van der Waals surface area (Å²) in [6.45, 7) is 6.13. The highest BCUT2D eigenvalue weighted by Gasteiger charge is 2.37. The Labute approximate surface area is 155 Å². The zero-order chi connectivity index (χ0) is 18.9. The highest BCUT2D eigenvalue weighted by molar-refractivity contribution is 7.94. The molecule has 0 aromatic heterocycles. The van der Waals surface area contributed by atoms with Crippen LogP contribution < -0.4 is 9.64 Å². The van der Waals surface area contributed by atoms with Crippen molar-refractivity contribution in [1.29, 1.82) is 0 Å². The summed E-state index contributed by atoms with van der Waals surface area (Å²) in [5.74, 6) is 0.678. The minimum absolute atomic E-state index is 0.0181. The predicted molar refractivity (Wildman–Crippen MR) is 102 cm³/mol. The Morgan fingerprint density at radius 3 is 2.62 bits per heavy atom. The molecule has 1 aromatic rings. The van der Waals surface area contributed by atoms with E-state index in [-0.39, 0.29) is 29.5 Å². The van der Waals surface area contributed by atoms with E-state index >= 15 is 0 Å². The zero-order valence-electron chi connectivity index (χ0n) is 15.5. The fraction of sp³-hybridized carbons (Fsp3) is 0.526. The van der Waals surface area contributed by atoms with Gasteiger partial charge in [-0.3, -0.25) is 4.79 Å². The van der Waals surface area contributed by atoms with Gasteiger partial charge in [-0.05, 0) is 26.0 Å². The van der Waals surface area contributed by atoms with Crippen LogP contribution in [-0.4, -0.2) is 57.3 Å². The minimum Gasteiger partial charge on any atom is -0.495 e. The number of benzene rings is 1. The summed E-state index contributed by atoms with van der Waals surface area (Å²) < 4.78 is 28.6. The molecule has 1 amide bonds. The predicted octanol–water partition coefficient (Wildman–Crippen LogP) is 2.07. The number of hydrogen-bond donors (Lipinski definition) is 0. The van der Waals surface area contributed by atoms with Crippen LogP contribution in [0.15, 0.2) is 35.7 Å². The molecule has 2 aliphatic rings. The maximum Gasteiger partial charge on any atom is 0.223 e. The van der Waals surface area contributed by atoms with Gasteiger partial charge >= 0.3 is 0 Å². The molecule has 2 heterocycles. The van der Waals surface area contributed by atoms with Crippen LogP contribution in [0.4, 0.5) is 5.69 Å². The molecule has 26 heavy (non-hydrogen) atoms. The van der Waals surface area contributed by atoms with E-state index in [0.717, 1.165) is 11.4 Å². The molecule has 6 nitrogen and oxygen atoms in total. The largest absolute Gasteiger partial charge is 0.495 e. The Balaban J connectivity index is 1.68. The number of anilines is 1. The molecule has 0 N–H and O–H groups in total. The maximum absolute atomic E-state index is 12.7. The summed E-state index contributed by atoms with van der Waals surface area (Å²) >= 11 is 0. The van der Waals surface area contributed by atoms with E-state index in [1.807, 2.05) is 29.2 Å². The molecule has 7 heteroatoms. The first-order valence-electron chi connectivity index (χ1n) is 8.81. The van der Waals surface area contributed by atoms with E-state index in [1.54, 1.807) is 13.2 Å². The molecule has 0 radical (unpaired) electrons. The average molecular weight is 378 g/mol. The average Bonchev–Trinajstić information content (AvgIpc) is 2.92. The van der Waals surface area contributed by atoms with Crippen molar-refractivity contribution in [3.05, 3.63) is 35.7 Å². The number of allylic oxidation sites excluding steroid dienone is 1. The van der Waals surface area contributed by atoms with E-state index in [9.17, 15) is 13.2 Å². The van der Waals surface area contributed by atoms with Gasteiger partial charge in [-0.25, -0.2) is 8.42 Å². The second-order valence-corrected chi connectivity index (χ2v) is 9.50. The number of nitrogens with zero attached hydrogens (tertiary/aromatic N) is 2. The van der Waals surface area contributed by atoms with Crippen LogP contribution in [0, 0.1) is 5.92 Å². The topological polar surface area (TPSA) is 66.9 Å². The highest BCUT2D eigenvalue weighted by atomic mass is 32.2. The monoisotopic (exact) mass is 378 g/mol. The van der Waals surface area contributed by atoms with Gasteiger partial charge in [-0.15, -0.1) is 0 Å². The second kappa shape index (κ2) is 6.95. The smallest absolute Gasteiger partial charge is 0.223 e. The summed E-state index contributed by atoms with van der Waals surface area (Å²) in [7, 11) is -1.46. The number of hydrogen-bond acceptors (Lipinski definition) is 5. The first-order chi connectivity index (χ1) is 12.2. The highest BCUT2D eigenvalue weighted by Crippen LogP contribution is 2.35. The van der Waals surface area contributed by atoms with Crippen molar-refractivity contribution in [3.8, 4) is 5.75 Å². The molecular weight excluding hydrogens is 352 g/mol. The minimum atomic E-state index is -3.12. The van der Waals surface area contributed by atoms with Gasteiger partial charge in [0.15, 0.2) is 9.84 Å². The van der Waals surface area contributed by atoms with Gasteiger partial charge in [-0.2, -0.15) is 0 Å². The molecule has 0 aliphatic carbocycles. The number of amides is 1. The van der Waals surface area contributed by atoms with Crippen molar-refractivity contribution in [1.82, 2.24) is 4.90 Å². The van der Waals surface area contributed by atoms with Crippen molar-refractivity contribution in [2.24, 2.45) is 5.92 Å². The Bertz CT molecular complexity index is 817. The van der Waals surface area contributed by atoms with Gasteiger partial charge in [0.05, 0.1) is 24.1 Å². The van der Waals surface area contributed by atoms with Gasteiger partial charge in [0.1, 0.15) is 5.75 Å². The van der Waals surface area contributed by atoms with E-state index in [2.05, 4.69) is 18.7 Å². The first kappa shape index (κ1) is 18.8. The molecule has 1 aromatic carbocycles. The molecule has 142 valence electrons. The Kier molecular flexibility index (Phi) is 5.01. The first-order valence-corrected chi connectivity index (χ1v) is 10.5. The van der Waals surface area contributed by atoms with Crippen LogP contribution in [0.5, 0.6) is 5.75 Å². The lowest BCUT2D eigenvalue weighted by atomic mass is 9.96. The fourth-order valence-electron chi connectivity index (χ4n) is 3.79. The van der Waals surface area contributed by atoms with Gasteiger partial charge < -0.3 is 14.5 Å². The number of ether oxygens (including phenoxy) is 1. The second-order valence-electron chi connectivity index (χ2n) is 7.57.